The summed E-state index contributed by atoms with van der Waals surface area (Å²) in [6, 6.07) is 0. The molecule has 0 aromatic rings. The van der Waals surface area contributed by atoms with Crippen molar-refractivity contribution in [3.8, 4) is 0 Å². The van der Waals surface area contributed by atoms with E-state index in [-0.39, 0.29) is 6.42 Å². The topological polar surface area (TPSA) is 169 Å². The lowest BCUT2D eigenvalue weighted by molar-refractivity contribution is -0.336. The molecule has 7 N–H and O–H groups in total. The predicted octanol–water partition coefficient (Wildman–Crippen LogP) is -4.37. The van der Waals surface area contributed by atoms with Crippen molar-refractivity contribution in [2.45, 2.75) is 61.7 Å². The molecule has 2 saturated heterocycles. The van der Waals surface area contributed by atoms with E-state index in [9.17, 15) is 30.6 Å². The van der Waals surface area contributed by atoms with Crippen molar-refractivity contribution in [2.24, 2.45) is 0 Å². The van der Waals surface area contributed by atoms with Crippen LogP contribution < -0.4 is 0 Å². The Morgan fingerprint density at radius 1 is 0.818 bits per heavy atom. The van der Waals surface area contributed by atoms with Crippen molar-refractivity contribution in [1.29, 1.82) is 0 Å². The lowest BCUT2D eigenvalue weighted by Gasteiger charge is -2.43. The summed E-state index contributed by atoms with van der Waals surface area (Å²) in [5, 5.41) is 66.6. The highest BCUT2D eigenvalue weighted by atomic mass is 16.7. The molecule has 9 atom stereocenters. The van der Waals surface area contributed by atoms with Crippen LogP contribution in [-0.4, -0.2) is 104 Å². The number of ether oxygens (including phenoxy) is 3. The Morgan fingerprint density at radius 3 is 2.05 bits per heavy atom. The van der Waals surface area contributed by atoms with E-state index >= 15 is 0 Å². The van der Waals surface area contributed by atoms with Gasteiger partial charge in [0.05, 0.1) is 19.3 Å². The quantitative estimate of drug-likeness (QED) is 0.268. The predicted molar refractivity (Wildman–Crippen MR) is 67.2 cm³/mol. The molecular weight excluding hydrogens is 304 g/mol. The fraction of sp³-hybridized carbons (Fsp3) is 1.00. The molecule has 10 nitrogen and oxygen atoms in total. The van der Waals surface area contributed by atoms with Crippen molar-refractivity contribution < 1.29 is 50.0 Å². The van der Waals surface area contributed by atoms with Crippen LogP contribution in [-0.2, 0) is 14.2 Å². The Hall–Kier alpha value is -0.400. The van der Waals surface area contributed by atoms with Crippen molar-refractivity contribution in [3.05, 3.63) is 0 Å². The highest BCUT2D eigenvalue weighted by Gasteiger charge is 2.47. The number of aliphatic hydroxyl groups is 7. The van der Waals surface area contributed by atoms with Gasteiger partial charge in [-0.05, 0) is 0 Å². The van der Waals surface area contributed by atoms with Crippen LogP contribution in [0.4, 0.5) is 0 Å². The van der Waals surface area contributed by atoms with Crippen LogP contribution in [0.1, 0.15) is 6.42 Å². The SMILES string of the molecule is OCC1OC(O)C(O)C(O)C1OC1C[C@@H](O)C(O)C(CO)O1. The van der Waals surface area contributed by atoms with Gasteiger partial charge in [0, 0.05) is 6.42 Å². The second kappa shape index (κ2) is 7.45. The van der Waals surface area contributed by atoms with E-state index in [1.165, 1.54) is 0 Å². The van der Waals surface area contributed by atoms with Crippen LogP contribution in [0.25, 0.3) is 0 Å². The van der Waals surface area contributed by atoms with Crippen LogP contribution in [0, 0.1) is 0 Å². The molecule has 22 heavy (non-hydrogen) atoms. The molecular formula is C12H22O10. The number of hydrogen-bond acceptors (Lipinski definition) is 10. The van der Waals surface area contributed by atoms with Gasteiger partial charge in [0.2, 0.25) is 0 Å². The Balaban J connectivity index is 2.04. The maximum absolute atomic E-state index is 9.94. The van der Waals surface area contributed by atoms with Gasteiger partial charge in [-0.1, -0.05) is 0 Å². The van der Waals surface area contributed by atoms with Gasteiger partial charge in [0.1, 0.15) is 36.6 Å². The van der Waals surface area contributed by atoms with Crippen molar-refractivity contribution in [3.63, 3.8) is 0 Å². The third-order valence-corrected chi connectivity index (χ3v) is 3.86. The first kappa shape index (κ1) is 17.9. The van der Waals surface area contributed by atoms with Crippen molar-refractivity contribution in [2.75, 3.05) is 13.2 Å². The van der Waals surface area contributed by atoms with Gasteiger partial charge in [-0.3, -0.25) is 0 Å². The van der Waals surface area contributed by atoms with E-state index in [2.05, 4.69) is 0 Å². The second-order valence-electron chi connectivity index (χ2n) is 5.41. The monoisotopic (exact) mass is 326 g/mol. The second-order valence-corrected chi connectivity index (χ2v) is 5.41. The molecule has 0 aliphatic carbocycles. The average Bonchev–Trinajstić information content (AvgIpc) is 2.50. The molecule has 0 radical (unpaired) electrons. The molecule has 0 aromatic heterocycles. The van der Waals surface area contributed by atoms with Crippen LogP contribution in [0.15, 0.2) is 0 Å². The van der Waals surface area contributed by atoms with Gasteiger partial charge in [0.25, 0.3) is 0 Å². The third-order valence-electron chi connectivity index (χ3n) is 3.86. The standard InChI is InChI=1S/C12H22O10/c13-2-5-8(16)4(15)1-7(20-5)22-11-6(3-14)21-12(19)10(18)9(11)17/h4-19H,1-3H2/t4-,5?,6?,7?,8?,9?,10?,11?,12?/m1/s1. The minimum absolute atomic E-state index is 0.141. The highest BCUT2D eigenvalue weighted by molar-refractivity contribution is 4.91. The summed E-state index contributed by atoms with van der Waals surface area (Å²) in [7, 11) is 0. The normalized spacial score (nSPS) is 50.0. The molecule has 0 amide bonds. The van der Waals surface area contributed by atoms with E-state index < -0.39 is 68.5 Å². The molecule has 10 heteroatoms. The first-order valence-corrected chi connectivity index (χ1v) is 6.97. The van der Waals surface area contributed by atoms with Gasteiger partial charge in [-0.25, -0.2) is 0 Å². The van der Waals surface area contributed by atoms with Gasteiger partial charge >= 0.3 is 0 Å². The summed E-state index contributed by atoms with van der Waals surface area (Å²) >= 11 is 0. The lowest BCUT2D eigenvalue weighted by Crippen LogP contribution is -2.61. The molecule has 0 spiro atoms. The minimum Gasteiger partial charge on any atom is -0.394 e. The maximum Gasteiger partial charge on any atom is 0.184 e. The summed E-state index contributed by atoms with van der Waals surface area (Å²) in [6.07, 6.45) is -12.0. The van der Waals surface area contributed by atoms with Gasteiger partial charge in [-0.15, -0.1) is 0 Å². The minimum atomic E-state index is -1.67. The first-order chi connectivity index (χ1) is 10.4. The van der Waals surface area contributed by atoms with Crippen LogP contribution in [0.2, 0.25) is 0 Å². The van der Waals surface area contributed by atoms with Gasteiger partial charge < -0.3 is 50.0 Å². The molecule has 2 fully saturated rings. The highest BCUT2D eigenvalue weighted by Crippen LogP contribution is 2.28. The van der Waals surface area contributed by atoms with Crippen molar-refractivity contribution >= 4 is 0 Å². The number of aliphatic hydroxyl groups excluding tert-OH is 7. The Labute approximate surface area is 126 Å². The molecule has 2 aliphatic heterocycles. The first-order valence-electron chi connectivity index (χ1n) is 6.97. The fourth-order valence-electron chi connectivity index (χ4n) is 2.56. The molecule has 130 valence electrons. The third kappa shape index (κ3) is 3.57. The van der Waals surface area contributed by atoms with Crippen LogP contribution >= 0.6 is 0 Å². The molecule has 0 saturated carbocycles. The smallest absolute Gasteiger partial charge is 0.184 e. The molecule has 2 rings (SSSR count). The molecule has 0 aromatic carbocycles. The van der Waals surface area contributed by atoms with E-state index in [1.54, 1.807) is 0 Å². The summed E-state index contributed by atoms with van der Waals surface area (Å²) in [6.45, 7) is -1.14. The van der Waals surface area contributed by atoms with Crippen LogP contribution in [0.3, 0.4) is 0 Å². The van der Waals surface area contributed by atoms with E-state index in [0.717, 1.165) is 0 Å². The number of rotatable bonds is 4. The lowest BCUT2D eigenvalue weighted by atomic mass is 9.98. The summed E-state index contributed by atoms with van der Waals surface area (Å²) in [5.74, 6) is 0. The van der Waals surface area contributed by atoms with Crippen LogP contribution in [0.5, 0.6) is 0 Å². The fourth-order valence-corrected chi connectivity index (χ4v) is 2.56. The zero-order valence-corrected chi connectivity index (χ0v) is 11.7. The molecule has 2 heterocycles. The molecule has 0 bridgehead atoms. The Bertz CT molecular complexity index is 353. The zero-order valence-electron chi connectivity index (χ0n) is 11.7. The summed E-state index contributed by atoms with van der Waals surface area (Å²) in [4.78, 5) is 0. The van der Waals surface area contributed by atoms with E-state index in [0.29, 0.717) is 0 Å². The maximum atomic E-state index is 9.94. The van der Waals surface area contributed by atoms with Crippen molar-refractivity contribution in [1.82, 2.24) is 0 Å². The van der Waals surface area contributed by atoms with E-state index in [4.69, 9.17) is 19.3 Å². The largest absolute Gasteiger partial charge is 0.394 e. The molecule has 2 aliphatic rings. The number of hydrogen-bond donors (Lipinski definition) is 7. The van der Waals surface area contributed by atoms with Gasteiger partial charge in [-0.2, -0.15) is 0 Å². The van der Waals surface area contributed by atoms with E-state index in [1.807, 2.05) is 0 Å². The zero-order chi connectivity index (χ0) is 16.4. The Kier molecular flexibility index (Phi) is 6.07. The summed E-state index contributed by atoms with van der Waals surface area (Å²) < 4.78 is 15.6. The summed E-state index contributed by atoms with van der Waals surface area (Å²) in [5.41, 5.74) is 0. The average molecular weight is 326 g/mol. The van der Waals surface area contributed by atoms with Gasteiger partial charge in [0.15, 0.2) is 12.6 Å². The molecule has 8 unspecified atom stereocenters. The Morgan fingerprint density at radius 2 is 1.45 bits per heavy atom.